The molecule has 2 aromatic rings. The zero-order chi connectivity index (χ0) is 14.5. The number of aromatic hydroxyl groups is 1. The Hall–Kier alpha value is -1.92. The number of halogens is 2. The number of carbonyl (C=O) groups excluding carboxylic acids is 1. The first-order valence-electron chi connectivity index (χ1n) is 5.49. The van der Waals surface area contributed by atoms with Gasteiger partial charge in [0.1, 0.15) is 5.75 Å². The third-order valence-corrected chi connectivity index (χ3v) is 3.10. The predicted octanol–water partition coefficient (Wildman–Crippen LogP) is 2.97. The lowest BCUT2D eigenvalue weighted by Crippen LogP contribution is -2.17. The fourth-order valence-corrected chi connectivity index (χ4v) is 2.24. The largest absolute Gasteiger partial charge is 0.506 e. The fourth-order valence-electron chi connectivity index (χ4n) is 1.41. The molecule has 0 fully saturated rings. The molecule has 0 aliphatic rings. The van der Waals surface area contributed by atoms with Crippen molar-refractivity contribution in [1.29, 1.82) is 0 Å². The molecule has 0 atom stereocenters. The van der Waals surface area contributed by atoms with Crippen molar-refractivity contribution in [2.24, 2.45) is 5.10 Å². The lowest BCUT2D eigenvalue weighted by Gasteiger charge is -2.03. The monoisotopic (exact) mass is 353 g/mol. The first kappa shape index (κ1) is 14.5. The Bertz CT molecular complexity index is 662. The minimum atomic E-state index is -0.394. The minimum absolute atomic E-state index is 0.103. The number of nitrogens with one attached hydrogen (secondary N) is 1. The second kappa shape index (κ2) is 6.49. The Morgan fingerprint density at radius 3 is 3.00 bits per heavy atom. The van der Waals surface area contributed by atoms with Crippen LogP contribution in [-0.2, 0) is 0 Å². The highest BCUT2D eigenvalue weighted by Gasteiger charge is 2.06. The Kier molecular flexibility index (Phi) is 4.70. The summed E-state index contributed by atoms with van der Waals surface area (Å²) in [5, 5.41) is 13.7. The third-order valence-electron chi connectivity index (χ3n) is 2.35. The van der Waals surface area contributed by atoms with E-state index < -0.39 is 5.91 Å². The van der Waals surface area contributed by atoms with Crippen LogP contribution in [0.15, 0.2) is 46.2 Å². The van der Waals surface area contributed by atoms with Crippen LogP contribution in [0.25, 0.3) is 0 Å². The summed E-state index contributed by atoms with van der Waals surface area (Å²) in [6, 6.07) is 6.45. The van der Waals surface area contributed by atoms with Crippen molar-refractivity contribution >= 4 is 39.7 Å². The van der Waals surface area contributed by atoms with E-state index in [1.165, 1.54) is 12.4 Å². The molecule has 1 heterocycles. The molecule has 0 saturated heterocycles. The van der Waals surface area contributed by atoms with E-state index in [-0.39, 0.29) is 10.8 Å². The van der Waals surface area contributed by atoms with Gasteiger partial charge >= 0.3 is 0 Å². The minimum Gasteiger partial charge on any atom is -0.506 e. The highest BCUT2D eigenvalue weighted by molar-refractivity contribution is 9.10. The first-order chi connectivity index (χ1) is 9.58. The molecule has 5 nitrogen and oxygen atoms in total. The van der Waals surface area contributed by atoms with Crippen molar-refractivity contribution in [1.82, 2.24) is 10.4 Å². The van der Waals surface area contributed by atoms with Gasteiger partial charge in [0.25, 0.3) is 5.91 Å². The highest BCUT2D eigenvalue weighted by atomic mass is 79.9. The molecule has 0 saturated carbocycles. The quantitative estimate of drug-likeness (QED) is 0.657. The molecule has 0 aliphatic heterocycles. The van der Waals surface area contributed by atoms with Gasteiger partial charge in [-0.1, -0.05) is 27.5 Å². The molecule has 0 aliphatic carbocycles. The summed E-state index contributed by atoms with van der Waals surface area (Å²) >= 11 is 9.07. The molecule has 2 N–H and O–H groups in total. The van der Waals surface area contributed by atoms with Crippen LogP contribution < -0.4 is 5.43 Å². The summed E-state index contributed by atoms with van der Waals surface area (Å²) in [7, 11) is 0. The van der Waals surface area contributed by atoms with E-state index in [4.69, 9.17) is 11.6 Å². The topological polar surface area (TPSA) is 74.6 Å². The highest BCUT2D eigenvalue weighted by Crippen LogP contribution is 2.30. The maximum atomic E-state index is 11.7. The molecular weight excluding hydrogens is 346 g/mol. The lowest BCUT2D eigenvalue weighted by molar-refractivity contribution is 0.0954. The Labute approximate surface area is 128 Å². The van der Waals surface area contributed by atoms with E-state index in [0.717, 1.165) is 0 Å². The van der Waals surface area contributed by atoms with Crippen LogP contribution in [0, 0.1) is 0 Å². The van der Waals surface area contributed by atoms with Gasteiger partial charge in [0, 0.05) is 22.4 Å². The number of carbonyl (C=O) groups is 1. The number of hydrogen-bond acceptors (Lipinski definition) is 4. The summed E-state index contributed by atoms with van der Waals surface area (Å²) in [5.41, 5.74) is 3.11. The SMILES string of the molecule is O=C(NN=Cc1cc(Br)cc(Cl)c1O)c1cccnc1. The number of hydrogen-bond donors (Lipinski definition) is 2. The molecule has 0 spiro atoms. The van der Waals surface area contributed by atoms with Gasteiger partial charge in [0.2, 0.25) is 0 Å². The Morgan fingerprint density at radius 2 is 2.30 bits per heavy atom. The summed E-state index contributed by atoms with van der Waals surface area (Å²) in [6.07, 6.45) is 4.31. The van der Waals surface area contributed by atoms with Crippen molar-refractivity contribution in [2.75, 3.05) is 0 Å². The van der Waals surface area contributed by atoms with Crippen molar-refractivity contribution in [3.8, 4) is 5.75 Å². The molecule has 0 radical (unpaired) electrons. The average Bonchev–Trinajstić information content (AvgIpc) is 2.44. The van der Waals surface area contributed by atoms with Crippen LogP contribution in [0.1, 0.15) is 15.9 Å². The number of aromatic nitrogens is 1. The molecule has 0 bridgehead atoms. The first-order valence-corrected chi connectivity index (χ1v) is 6.66. The molecular formula is C13H9BrClN3O2. The van der Waals surface area contributed by atoms with E-state index in [2.05, 4.69) is 31.4 Å². The summed E-state index contributed by atoms with van der Waals surface area (Å²) < 4.78 is 0.695. The van der Waals surface area contributed by atoms with Gasteiger partial charge in [-0.05, 0) is 24.3 Å². The smallest absolute Gasteiger partial charge is 0.272 e. The zero-order valence-corrected chi connectivity index (χ0v) is 12.4. The number of hydrazone groups is 1. The predicted molar refractivity (Wildman–Crippen MR) is 80.1 cm³/mol. The van der Waals surface area contributed by atoms with Crippen LogP contribution in [0.5, 0.6) is 5.75 Å². The van der Waals surface area contributed by atoms with Gasteiger partial charge in [0.15, 0.2) is 0 Å². The average molecular weight is 355 g/mol. The number of nitrogens with zero attached hydrogens (tertiary/aromatic N) is 2. The van der Waals surface area contributed by atoms with E-state index in [1.54, 1.807) is 30.5 Å². The lowest BCUT2D eigenvalue weighted by atomic mass is 10.2. The summed E-state index contributed by atoms with van der Waals surface area (Å²) in [4.78, 5) is 15.5. The number of amides is 1. The van der Waals surface area contributed by atoms with E-state index >= 15 is 0 Å². The molecule has 20 heavy (non-hydrogen) atoms. The van der Waals surface area contributed by atoms with Crippen molar-refractivity contribution in [2.45, 2.75) is 0 Å². The molecule has 1 amide bonds. The van der Waals surface area contributed by atoms with Crippen LogP contribution in [0.4, 0.5) is 0 Å². The van der Waals surface area contributed by atoms with Crippen LogP contribution >= 0.6 is 27.5 Å². The maximum Gasteiger partial charge on any atom is 0.272 e. The standard InChI is InChI=1S/C13H9BrClN3O2/c14-10-4-9(12(19)11(15)5-10)7-17-18-13(20)8-2-1-3-16-6-8/h1-7,19H,(H,18,20). The number of pyridine rings is 1. The van der Waals surface area contributed by atoms with E-state index in [0.29, 0.717) is 15.6 Å². The van der Waals surface area contributed by atoms with Crippen LogP contribution in [-0.4, -0.2) is 22.2 Å². The number of benzene rings is 1. The number of rotatable bonds is 3. The van der Waals surface area contributed by atoms with Gasteiger partial charge in [-0.3, -0.25) is 9.78 Å². The van der Waals surface area contributed by atoms with Gasteiger partial charge < -0.3 is 5.11 Å². The van der Waals surface area contributed by atoms with Gasteiger partial charge in [-0.2, -0.15) is 5.10 Å². The summed E-state index contributed by atoms with van der Waals surface area (Å²) in [5.74, 6) is -0.496. The molecule has 1 aromatic heterocycles. The number of phenols is 1. The van der Waals surface area contributed by atoms with Crippen molar-refractivity contribution < 1.29 is 9.90 Å². The fraction of sp³-hybridized carbons (Fsp3) is 0. The molecule has 1 aromatic carbocycles. The normalized spacial score (nSPS) is 10.7. The van der Waals surface area contributed by atoms with Crippen molar-refractivity contribution in [3.05, 3.63) is 57.3 Å². The van der Waals surface area contributed by atoms with Crippen molar-refractivity contribution in [3.63, 3.8) is 0 Å². The van der Waals surface area contributed by atoms with Gasteiger partial charge in [-0.15, -0.1) is 0 Å². The zero-order valence-electron chi connectivity index (χ0n) is 10.0. The summed E-state index contributed by atoms with van der Waals surface area (Å²) in [6.45, 7) is 0. The molecule has 102 valence electrons. The molecule has 2 rings (SSSR count). The Balaban J connectivity index is 2.10. The van der Waals surface area contributed by atoms with Gasteiger partial charge in [-0.25, -0.2) is 5.43 Å². The van der Waals surface area contributed by atoms with Crippen LogP contribution in [0.2, 0.25) is 5.02 Å². The molecule has 0 unspecified atom stereocenters. The van der Waals surface area contributed by atoms with E-state index in [9.17, 15) is 9.90 Å². The van der Waals surface area contributed by atoms with E-state index in [1.807, 2.05) is 0 Å². The number of phenolic OH excluding ortho intramolecular Hbond substituents is 1. The van der Waals surface area contributed by atoms with Crippen LogP contribution in [0.3, 0.4) is 0 Å². The molecule has 7 heteroatoms. The Morgan fingerprint density at radius 1 is 1.50 bits per heavy atom. The second-order valence-corrected chi connectivity index (χ2v) is 5.09. The third kappa shape index (κ3) is 3.55. The van der Waals surface area contributed by atoms with Gasteiger partial charge in [0.05, 0.1) is 16.8 Å². The second-order valence-electron chi connectivity index (χ2n) is 3.77. The maximum absolute atomic E-state index is 11.7.